The van der Waals surface area contributed by atoms with Crippen molar-refractivity contribution in [3.8, 4) is 28.7 Å². The quantitative estimate of drug-likeness (QED) is 0.0281. The summed E-state index contributed by atoms with van der Waals surface area (Å²) in [5.74, 6) is 4.36. The fourth-order valence-corrected chi connectivity index (χ4v) is 16.2. The first kappa shape index (κ1) is 82.3. The maximum absolute atomic E-state index is 6.91. The molecule has 5 heteroatoms. The molecule has 0 atom stereocenters. The molecule has 10 aromatic carbocycles. The molecule has 0 fully saturated rings. The minimum atomic E-state index is 0.681. The number of unbranched alkanes of at least 4 members (excludes halogenated alkanes) is 39. The second kappa shape index (κ2) is 47.6. The molecule has 0 saturated carbocycles. The molecule has 107 heavy (non-hydrogen) atoms. The number of ether oxygens (including phenoxy) is 5. The normalized spacial score (nSPS) is 11.7. The van der Waals surface area contributed by atoms with Gasteiger partial charge in [0.2, 0.25) is 0 Å². The molecule has 0 unspecified atom stereocenters. The van der Waals surface area contributed by atoms with Crippen LogP contribution in [0.25, 0.3) is 97.0 Å². The first-order valence-corrected chi connectivity index (χ1v) is 44.2. The second-order valence-electron chi connectivity index (χ2n) is 31.8. The largest absolute Gasteiger partial charge is 0.494 e. The molecule has 0 aliphatic rings. The Morgan fingerprint density at radius 2 is 0.374 bits per heavy atom. The van der Waals surface area contributed by atoms with E-state index in [4.69, 9.17) is 23.7 Å². The van der Waals surface area contributed by atoms with E-state index in [0.29, 0.717) is 26.4 Å². The summed E-state index contributed by atoms with van der Waals surface area (Å²) < 4.78 is 34.0. The van der Waals surface area contributed by atoms with Gasteiger partial charge in [-0.1, -0.05) is 364 Å². The van der Waals surface area contributed by atoms with Gasteiger partial charge in [-0.05, 0) is 202 Å². The maximum Gasteiger partial charge on any atom is 0.161 e. The zero-order chi connectivity index (χ0) is 74.1. The third-order valence-electron chi connectivity index (χ3n) is 22.8. The van der Waals surface area contributed by atoms with Crippen LogP contribution < -0.4 is 23.7 Å². The van der Waals surface area contributed by atoms with Gasteiger partial charge in [-0.2, -0.15) is 0 Å². The number of benzene rings is 9. The zero-order valence-corrected chi connectivity index (χ0v) is 67.6. The second-order valence-corrected chi connectivity index (χ2v) is 31.8. The fourth-order valence-electron chi connectivity index (χ4n) is 16.2. The van der Waals surface area contributed by atoms with Crippen molar-refractivity contribution in [3.05, 3.63) is 152 Å². The summed E-state index contributed by atoms with van der Waals surface area (Å²) in [7, 11) is 0. The Hall–Kier alpha value is -7.24. The highest BCUT2D eigenvalue weighted by Crippen LogP contribution is 2.42. The van der Waals surface area contributed by atoms with Gasteiger partial charge < -0.3 is 23.7 Å². The molecule has 0 N–H and O–H groups in total. The molecule has 6 bridgehead atoms. The lowest BCUT2D eigenvalue weighted by molar-refractivity contribution is 0.259. The predicted octanol–water partition coefficient (Wildman–Crippen LogP) is 32.9. The van der Waals surface area contributed by atoms with Gasteiger partial charge in [-0.15, -0.1) is 0 Å². The van der Waals surface area contributed by atoms with Crippen LogP contribution in [-0.4, -0.2) is 33.0 Å². The van der Waals surface area contributed by atoms with Crippen LogP contribution in [0.15, 0.2) is 152 Å². The highest BCUT2D eigenvalue weighted by atomic mass is 16.5. The highest BCUT2D eigenvalue weighted by Gasteiger charge is 2.16. The number of fused-ring (bicyclic) bond motifs is 9. The summed E-state index contributed by atoms with van der Waals surface area (Å²) in [6, 6.07) is 58.3. The van der Waals surface area contributed by atoms with E-state index in [-0.39, 0.29) is 0 Å². The van der Waals surface area contributed by atoms with Crippen molar-refractivity contribution >= 4 is 97.0 Å². The molecule has 0 aliphatic heterocycles. The Labute approximate surface area is 647 Å². The fraction of sp³-hybridized carbons (Fsp3) is 0.529. The van der Waals surface area contributed by atoms with E-state index >= 15 is 0 Å². The van der Waals surface area contributed by atoms with E-state index in [1.165, 1.54) is 310 Å². The summed E-state index contributed by atoms with van der Waals surface area (Å²) in [5.41, 5.74) is 0. The lowest BCUT2D eigenvalue weighted by Gasteiger charge is -2.16. The highest BCUT2D eigenvalue weighted by molar-refractivity contribution is 6.19. The van der Waals surface area contributed by atoms with Gasteiger partial charge in [-0.25, -0.2) is 0 Å². The molecule has 0 amide bonds. The van der Waals surface area contributed by atoms with Crippen LogP contribution in [0.4, 0.5) is 0 Å². The zero-order valence-electron chi connectivity index (χ0n) is 67.6. The van der Waals surface area contributed by atoms with E-state index in [0.717, 1.165) is 105 Å². The molecule has 0 radical (unpaired) electrons. The van der Waals surface area contributed by atoms with Crippen LogP contribution in [0.2, 0.25) is 0 Å². The van der Waals surface area contributed by atoms with E-state index < -0.39 is 0 Å². The molecular weight excluding hydrogens is 1310 g/mol. The van der Waals surface area contributed by atoms with Gasteiger partial charge in [0.15, 0.2) is 23.0 Å². The molecule has 0 aromatic heterocycles. The van der Waals surface area contributed by atoms with Crippen molar-refractivity contribution in [1.82, 2.24) is 0 Å². The average Bonchev–Trinajstić information content (AvgIpc) is 0.738. The van der Waals surface area contributed by atoms with Gasteiger partial charge in [0.1, 0.15) is 5.75 Å². The maximum atomic E-state index is 6.91. The number of rotatable bonds is 54. The predicted molar refractivity (Wildman–Crippen MR) is 469 cm³/mol. The minimum Gasteiger partial charge on any atom is -0.494 e. The molecule has 0 saturated heterocycles. The van der Waals surface area contributed by atoms with Crippen molar-refractivity contribution in [1.29, 1.82) is 0 Å². The van der Waals surface area contributed by atoms with Crippen LogP contribution in [0, 0.1) is 0 Å². The van der Waals surface area contributed by atoms with Gasteiger partial charge in [0.25, 0.3) is 0 Å². The Balaban J connectivity index is 1.07. The summed E-state index contributed by atoms with van der Waals surface area (Å²) >= 11 is 0. The molecule has 5 nitrogen and oxygen atoms in total. The summed E-state index contributed by atoms with van der Waals surface area (Å²) in [6.45, 7) is 14.9. The van der Waals surface area contributed by atoms with Crippen molar-refractivity contribution in [2.75, 3.05) is 33.0 Å². The van der Waals surface area contributed by atoms with Crippen molar-refractivity contribution < 1.29 is 23.7 Å². The van der Waals surface area contributed by atoms with Crippen molar-refractivity contribution in [2.24, 2.45) is 0 Å². The van der Waals surface area contributed by atoms with Crippen molar-refractivity contribution in [3.63, 3.8) is 0 Å². The Morgan fingerprint density at radius 1 is 0.159 bits per heavy atom. The van der Waals surface area contributed by atoms with Crippen LogP contribution in [-0.2, 0) is 0 Å². The standard InChI is InChI=1S/C102H138O5/c1-6-11-16-21-25-29-33-37-41-46-65-104-99-75-87-73-84-57-58-85-74-88-76-100(105-66-47-42-38-34-30-26-22-17-12-7-2)102(107-68-49-44-40-36-32-28-24-19-14-9-4)79-98(88)92-63-55-82(71-95(85)92)52-56-83-72-86-59-60-89(103-64-45-20-15-10-5)77-96(86)90-61-53-80(69-93(83)90)50-51-81-54-62-91(94(84)70-81)97(87)78-101(99)106-67-48-43-39-35-31-27-23-18-13-8-3/h50-63,69-79H,6-49,64-68H2,1-5H3. The lowest BCUT2D eigenvalue weighted by atomic mass is 9.95. The van der Waals surface area contributed by atoms with Crippen LogP contribution in [0.3, 0.4) is 0 Å². The molecular formula is C102H138O5. The SMILES string of the molecule is CCCCCCCCCCCCOc1cc2cc3ccc4cc5cc(OCCCCCCCCCCCC)c(OCCCCCCCCCCCC)cc5c5ccc(ccc6cc7ccc(OCCCCCC)cc7c7ccc(ccc8ccc(c2cc1OCCCCCCCCCCCC)c3c8)cc67)cc45. The smallest absolute Gasteiger partial charge is 0.161 e. The van der Waals surface area contributed by atoms with Crippen LogP contribution in [0.1, 0.15) is 317 Å². The third kappa shape index (κ3) is 26.5. The van der Waals surface area contributed by atoms with Gasteiger partial charge in [-0.3, -0.25) is 0 Å². The number of hydrogen-bond acceptors (Lipinski definition) is 5. The van der Waals surface area contributed by atoms with E-state index in [9.17, 15) is 0 Å². The molecule has 576 valence electrons. The third-order valence-corrected chi connectivity index (χ3v) is 22.8. The topological polar surface area (TPSA) is 46.2 Å². The summed E-state index contributed by atoms with van der Waals surface area (Å²) in [6.07, 6.45) is 56.4. The van der Waals surface area contributed by atoms with Crippen LogP contribution in [0.5, 0.6) is 28.7 Å². The monoisotopic (exact) mass is 1440 g/mol. The van der Waals surface area contributed by atoms with E-state index in [1.54, 1.807) is 0 Å². The Morgan fingerprint density at radius 3 is 0.692 bits per heavy atom. The average molecular weight is 1440 g/mol. The van der Waals surface area contributed by atoms with Gasteiger partial charge in [0.05, 0.1) is 33.0 Å². The lowest BCUT2D eigenvalue weighted by Crippen LogP contribution is -2.03. The van der Waals surface area contributed by atoms with E-state index in [2.05, 4.69) is 186 Å². The molecule has 0 aliphatic carbocycles. The van der Waals surface area contributed by atoms with E-state index in [1.807, 2.05) is 0 Å². The summed E-state index contributed by atoms with van der Waals surface area (Å²) in [4.78, 5) is 0. The van der Waals surface area contributed by atoms with Crippen molar-refractivity contribution in [2.45, 2.75) is 317 Å². The first-order valence-electron chi connectivity index (χ1n) is 44.2. The Bertz CT molecular complexity index is 4370. The molecule has 0 spiro atoms. The van der Waals surface area contributed by atoms with Gasteiger partial charge in [0, 0.05) is 0 Å². The molecule has 10 rings (SSSR count). The molecule has 10 aromatic rings. The Kier molecular flexibility index (Phi) is 36.6. The molecule has 0 heterocycles. The van der Waals surface area contributed by atoms with Gasteiger partial charge >= 0.3 is 0 Å². The minimum absolute atomic E-state index is 0.681. The number of hydrogen-bond donors (Lipinski definition) is 0. The van der Waals surface area contributed by atoms with Crippen LogP contribution >= 0.6 is 0 Å². The first-order chi connectivity index (χ1) is 52.9. The summed E-state index contributed by atoms with van der Waals surface area (Å²) in [5, 5.41) is 21.3.